The molecule has 1 amide bonds. The summed E-state index contributed by atoms with van der Waals surface area (Å²) in [7, 11) is 0. The van der Waals surface area contributed by atoms with E-state index in [1.807, 2.05) is 24.3 Å². The van der Waals surface area contributed by atoms with Crippen LogP contribution in [0.25, 0.3) is 0 Å². The molecule has 1 saturated carbocycles. The summed E-state index contributed by atoms with van der Waals surface area (Å²) in [6, 6.07) is 7.75. The van der Waals surface area contributed by atoms with Crippen molar-refractivity contribution in [3.8, 4) is 0 Å². The first-order valence-electron chi connectivity index (χ1n) is 7.62. The van der Waals surface area contributed by atoms with Gasteiger partial charge in [-0.2, -0.15) is 0 Å². The topological polar surface area (TPSA) is 66.4 Å². The monoisotopic (exact) mass is 289 g/mol. The second-order valence-corrected chi connectivity index (χ2v) is 6.10. The van der Waals surface area contributed by atoms with Crippen LogP contribution in [-0.4, -0.2) is 17.0 Å². The maximum Gasteiger partial charge on any atom is 0.307 e. The molecule has 0 bridgehead atoms. The Kier molecular flexibility index (Phi) is 4.99. The van der Waals surface area contributed by atoms with Gasteiger partial charge in [-0.15, -0.1) is 0 Å². The summed E-state index contributed by atoms with van der Waals surface area (Å²) in [4.78, 5) is 23.6. The second-order valence-electron chi connectivity index (χ2n) is 6.10. The zero-order valence-electron chi connectivity index (χ0n) is 12.6. The zero-order chi connectivity index (χ0) is 15.4. The van der Waals surface area contributed by atoms with Crippen molar-refractivity contribution in [2.24, 2.45) is 11.8 Å². The first kappa shape index (κ1) is 15.5. The van der Waals surface area contributed by atoms with Crippen molar-refractivity contribution in [1.82, 2.24) is 0 Å². The Labute approximate surface area is 125 Å². The van der Waals surface area contributed by atoms with E-state index in [1.165, 1.54) is 5.56 Å². The molecule has 0 heterocycles. The molecule has 2 rings (SSSR count). The smallest absolute Gasteiger partial charge is 0.307 e. The molecule has 0 saturated heterocycles. The van der Waals surface area contributed by atoms with Crippen molar-refractivity contribution >= 4 is 17.6 Å². The Hall–Kier alpha value is -1.84. The Balaban J connectivity index is 2.04. The molecule has 1 aromatic carbocycles. The second kappa shape index (κ2) is 6.74. The van der Waals surface area contributed by atoms with Gasteiger partial charge in [-0.05, 0) is 36.5 Å². The number of nitrogens with one attached hydrogen (secondary N) is 1. The molecule has 0 aliphatic heterocycles. The van der Waals surface area contributed by atoms with E-state index in [2.05, 4.69) is 19.2 Å². The Morgan fingerprint density at radius 2 is 1.67 bits per heavy atom. The Morgan fingerprint density at radius 1 is 1.10 bits per heavy atom. The van der Waals surface area contributed by atoms with Gasteiger partial charge in [-0.1, -0.05) is 38.8 Å². The van der Waals surface area contributed by atoms with E-state index in [1.54, 1.807) is 0 Å². The predicted octanol–water partition coefficient (Wildman–Crippen LogP) is 3.64. The minimum Gasteiger partial charge on any atom is -0.481 e. The van der Waals surface area contributed by atoms with Gasteiger partial charge in [0, 0.05) is 5.69 Å². The molecule has 4 nitrogen and oxygen atoms in total. The molecule has 2 N–H and O–H groups in total. The fourth-order valence-corrected chi connectivity index (χ4v) is 2.93. The van der Waals surface area contributed by atoms with Crippen LogP contribution in [-0.2, 0) is 9.59 Å². The van der Waals surface area contributed by atoms with Gasteiger partial charge in [0.1, 0.15) is 0 Å². The maximum absolute atomic E-state index is 12.3. The molecule has 1 aromatic rings. The van der Waals surface area contributed by atoms with Crippen molar-refractivity contribution in [3.63, 3.8) is 0 Å². The van der Waals surface area contributed by atoms with Gasteiger partial charge in [0.25, 0.3) is 0 Å². The largest absolute Gasteiger partial charge is 0.481 e. The number of benzene rings is 1. The van der Waals surface area contributed by atoms with Gasteiger partial charge in [0.15, 0.2) is 0 Å². The molecular weight excluding hydrogens is 266 g/mol. The summed E-state index contributed by atoms with van der Waals surface area (Å²) < 4.78 is 0. The number of amides is 1. The van der Waals surface area contributed by atoms with Crippen LogP contribution in [0.4, 0.5) is 5.69 Å². The van der Waals surface area contributed by atoms with Gasteiger partial charge in [-0.25, -0.2) is 0 Å². The quantitative estimate of drug-likeness (QED) is 0.889. The average Bonchev–Trinajstić information content (AvgIpc) is 2.47. The zero-order valence-corrected chi connectivity index (χ0v) is 12.6. The van der Waals surface area contributed by atoms with Gasteiger partial charge in [-0.3, -0.25) is 9.59 Å². The van der Waals surface area contributed by atoms with Crippen LogP contribution in [0, 0.1) is 11.8 Å². The number of carboxylic acid groups (broad SMARTS) is 1. The molecule has 1 fully saturated rings. The minimum absolute atomic E-state index is 0.167. The summed E-state index contributed by atoms with van der Waals surface area (Å²) in [5.41, 5.74) is 1.95. The third-order valence-corrected chi connectivity index (χ3v) is 4.26. The van der Waals surface area contributed by atoms with Gasteiger partial charge in [0.2, 0.25) is 5.91 Å². The maximum atomic E-state index is 12.3. The number of rotatable bonds is 4. The molecule has 114 valence electrons. The molecule has 0 radical (unpaired) electrons. The number of carbonyl (C=O) groups is 2. The van der Waals surface area contributed by atoms with Crippen molar-refractivity contribution < 1.29 is 14.7 Å². The number of hydrogen-bond donors (Lipinski definition) is 2. The highest BCUT2D eigenvalue weighted by molar-refractivity contribution is 5.95. The highest BCUT2D eigenvalue weighted by atomic mass is 16.4. The van der Waals surface area contributed by atoms with Crippen LogP contribution >= 0.6 is 0 Å². The molecule has 0 aromatic heterocycles. The fourth-order valence-electron chi connectivity index (χ4n) is 2.93. The summed E-state index contributed by atoms with van der Waals surface area (Å²) in [5.74, 6) is -1.54. The van der Waals surface area contributed by atoms with E-state index < -0.39 is 17.8 Å². The molecule has 1 aliphatic carbocycles. The number of carbonyl (C=O) groups excluding carboxylic acids is 1. The molecule has 21 heavy (non-hydrogen) atoms. The third-order valence-electron chi connectivity index (χ3n) is 4.26. The van der Waals surface area contributed by atoms with Gasteiger partial charge < -0.3 is 10.4 Å². The summed E-state index contributed by atoms with van der Waals surface area (Å²) in [6.07, 6.45) is 3.07. The fraction of sp³-hybridized carbons (Fsp3) is 0.529. The predicted molar refractivity (Wildman–Crippen MR) is 82.2 cm³/mol. The molecule has 4 heteroatoms. The van der Waals surface area contributed by atoms with E-state index in [0.29, 0.717) is 18.8 Å². The van der Waals surface area contributed by atoms with Crippen LogP contribution in [0.1, 0.15) is 51.0 Å². The number of aliphatic carboxylic acids is 1. The first-order chi connectivity index (χ1) is 9.99. The van der Waals surface area contributed by atoms with E-state index in [9.17, 15) is 14.7 Å². The number of hydrogen-bond acceptors (Lipinski definition) is 2. The number of carboxylic acids is 1. The SMILES string of the molecule is CC(C)c1ccc(NC(=O)[C@@H]2CCCC[C@@H]2C(=O)O)cc1. The normalized spacial score (nSPS) is 22.0. The summed E-state index contributed by atoms with van der Waals surface area (Å²) in [6.45, 7) is 4.24. The van der Waals surface area contributed by atoms with Crippen molar-refractivity contribution in [1.29, 1.82) is 0 Å². The first-order valence-corrected chi connectivity index (χ1v) is 7.62. The average molecular weight is 289 g/mol. The Morgan fingerprint density at radius 3 is 2.19 bits per heavy atom. The van der Waals surface area contributed by atoms with Crippen LogP contribution in [0.5, 0.6) is 0 Å². The lowest BCUT2D eigenvalue weighted by Crippen LogP contribution is -2.36. The summed E-state index contributed by atoms with van der Waals surface area (Å²) in [5, 5.41) is 12.1. The standard InChI is InChI=1S/C17H23NO3/c1-11(2)12-7-9-13(10-8-12)18-16(19)14-5-3-4-6-15(14)17(20)21/h7-11,14-15H,3-6H2,1-2H3,(H,18,19)(H,20,21)/t14-,15+/m1/s1. The molecular formula is C17H23NO3. The highest BCUT2D eigenvalue weighted by Gasteiger charge is 2.35. The van der Waals surface area contributed by atoms with Crippen molar-refractivity contribution in [3.05, 3.63) is 29.8 Å². The van der Waals surface area contributed by atoms with E-state index >= 15 is 0 Å². The van der Waals surface area contributed by atoms with Gasteiger partial charge >= 0.3 is 5.97 Å². The molecule has 0 spiro atoms. The van der Waals surface area contributed by atoms with E-state index in [4.69, 9.17) is 0 Å². The van der Waals surface area contributed by atoms with E-state index in [0.717, 1.165) is 18.5 Å². The Bertz CT molecular complexity index is 507. The molecule has 0 unspecified atom stereocenters. The van der Waals surface area contributed by atoms with Crippen molar-refractivity contribution in [2.75, 3.05) is 5.32 Å². The molecule has 1 aliphatic rings. The van der Waals surface area contributed by atoms with Gasteiger partial charge in [0.05, 0.1) is 11.8 Å². The van der Waals surface area contributed by atoms with Crippen molar-refractivity contribution in [2.45, 2.75) is 45.4 Å². The minimum atomic E-state index is -0.856. The van der Waals surface area contributed by atoms with Crippen LogP contribution in [0.15, 0.2) is 24.3 Å². The lowest BCUT2D eigenvalue weighted by Gasteiger charge is -2.27. The van der Waals surface area contributed by atoms with Crippen LogP contribution < -0.4 is 5.32 Å². The van der Waals surface area contributed by atoms with Crippen LogP contribution in [0.3, 0.4) is 0 Å². The highest BCUT2D eigenvalue weighted by Crippen LogP contribution is 2.31. The van der Waals surface area contributed by atoms with E-state index in [-0.39, 0.29) is 5.91 Å². The molecule has 2 atom stereocenters. The lowest BCUT2D eigenvalue weighted by molar-refractivity contribution is -0.147. The van der Waals surface area contributed by atoms with Crippen LogP contribution in [0.2, 0.25) is 0 Å². The lowest BCUT2D eigenvalue weighted by atomic mass is 9.78. The third kappa shape index (κ3) is 3.84. The number of anilines is 1. The summed E-state index contributed by atoms with van der Waals surface area (Å²) >= 11 is 0.